The molecule has 0 bridgehead atoms. The highest BCUT2D eigenvalue weighted by molar-refractivity contribution is 6.29. The van der Waals surface area contributed by atoms with Crippen LogP contribution in [0.5, 0.6) is 5.75 Å². The summed E-state index contributed by atoms with van der Waals surface area (Å²) in [6, 6.07) is 23.1. The minimum absolute atomic E-state index is 0.220. The van der Waals surface area contributed by atoms with Crippen LogP contribution < -0.4 is 15.4 Å². The number of benzene rings is 3. The fourth-order valence-electron chi connectivity index (χ4n) is 3.07. The number of para-hydroxylation sites is 1. The van der Waals surface area contributed by atoms with E-state index in [4.69, 9.17) is 4.74 Å². The largest absolute Gasteiger partial charge is 0.496 e. The van der Waals surface area contributed by atoms with Gasteiger partial charge < -0.3 is 20.1 Å². The first kappa shape index (κ1) is 23.3. The smallest absolute Gasteiger partial charge is 0.325 e. The predicted molar refractivity (Wildman–Crippen MR) is 127 cm³/mol. The maximum Gasteiger partial charge on any atom is 0.325 e. The molecule has 0 aromatic heterocycles. The second kappa shape index (κ2) is 11.3. The summed E-state index contributed by atoms with van der Waals surface area (Å²) in [6.45, 7) is -0.220. The van der Waals surface area contributed by atoms with E-state index in [-0.39, 0.29) is 12.5 Å². The topological polar surface area (TPSA) is 93.7 Å². The molecule has 168 valence electrons. The third-order valence-electron chi connectivity index (χ3n) is 4.79. The summed E-state index contributed by atoms with van der Waals surface area (Å²) in [5.74, 6) is -0.613. The first-order chi connectivity index (χ1) is 16.0. The molecule has 0 unspecified atom stereocenters. The molecule has 0 spiro atoms. The summed E-state index contributed by atoms with van der Waals surface area (Å²) < 4.78 is 9.92. The summed E-state index contributed by atoms with van der Waals surface area (Å²) in [6.07, 6.45) is 1.78. The van der Waals surface area contributed by atoms with Crippen molar-refractivity contribution in [3.8, 4) is 5.75 Å². The molecule has 2 N–H and O–H groups in total. The molecule has 0 radical (unpaired) electrons. The SMILES string of the molecule is COC(=O)CNC(=O)c1ccc(NC(=O)/C(=C/c2ccccc2OC)c2ccccc2)cc1. The van der Waals surface area contributed by atoms with Crippen molar-refractivity contribution >= 4 is 35.1 Å². The number of rotatable bonds is 8. The zero-order valence-corrected chi connectivity index (χ0v) is 18.3. The Morgan fingerprint density at radius 1 is 0.818 bits per heavy atom. The van der Waals surface area contributed by atoms with E-state index in [0.717, 1.165) is 11.1 Å². The van der Waals surface area contributed by atoms with Gasteiger partial charge in [-0.1, -0.05) is 48.5 Å². The van der Waals surface area contributed by atoms with Crippen molar-refractivity contribution in [2.24, 2.45) is 0 Å². The Labute approximate surface area is 192 Å². The van der Waals surface area contributed by atoms with Crippen LogP contribution in [0, 0.1) is 0 Å². The van der Waals surface area contributed by atoms with Gasteiger partial charge in [-0.15, -0.1) is 0 Å². The van der Waals surface area contributed by atoms with E-state index in [1.54, 1.807) is 37.5 Å². The molecule has 7 nitrogen and oxygen atoms in total. The molecule has 0 fully saturated rings. The van der Waals surface area contributed by atoms with Crippen LogP contribution in [0.4, 0.5) is 5.69 Å². The first-order valence-electron chi connectivity index (χ1n) is 10.2. The molecule has 0 saturated carbocycles. The Morgan fingerprint density at radius 2 is 1.48 bits per heavy atom. The average molecular weight is 444 g/mol. The number of ether oxygens (including phenoxy) is 2. The molecule has 0 heterocycles. The van der Waals surface area contributed by atoms with Gasteiger partial charge in [0.25, 0.3) is 11.8 Å². The van der Waals surface area contributed by atoms with Crippen molar-refractivity contribution < 1.29 is 23.9 Å². The molecule has 0 aliphatic rings. The highest BCUT2D eigenvalue weighted by Gasteiger charge is 2.14. The van der Waals surface area contributed by atoms with E-state index >= 15 is 0 Å². The number of hydrogen-bond donors (Lipinski definition) is 2. The summed E-state index contributed by atoms with van der Waals surface area (Å²) in [4.78, 5) is 36.5. The average Bonchev–Trinajstić information content (AvgIpc) is 2.86. The zero-order chi connectivity index (χ0) is 23.6. The van der Waals surface area contributed by atoms with Gasteiger partial charge in [-0.05, 0) is 42.0 Å². The normalized spacial score (nSPS) is 10.8. The number of carbonyl (C=O) groups excluding carboxylic acids is 3. The number of nitrogens with one attached hydrogen (secondary N) is 2. The van der Waals surface area contributed by atoms with Crippen LogP contribution in [0.1, 0.15) is 21.5 Å². The standard InChI is InChI=1S/C26H24N2O5/c1-32-23-11-7-6-10-20(23)16-22(18-8-4-3-5-9-18)26(31)28-21-14-12-19(13-15-21)25(30)27-17-24(29)33-2/h3-16H,17H2,1-2H3,(H,27,30)(H,28,31)/b22-16+. The van der Waals surface area contributed by atoms with Gasteiger partial charge in [-0.3, -0.25) is 14.4 Å². The monoisotopic (exact) mass is 444 g/mol. The summed E-state index contributed by atoms with van der Waals surface area (Å²) in [5.41, 5.74) is 2.85. The summed E-state index contributed by atoms with van der Waals surface area (Å²) >= 11 is 0. The van der Waals surface area contributed by atoms with Crippen LogP contribution in [0.2, 0.25) is 0 Å². The van der Waals surface area contributed by atoms with Crippen molar-refractivity contribution in [1.82, 2.24) is 5.32 Å². The molecule has 0 aliphatic heterocycles. The molecular weight excluding hydrogens is 420 g/mol. The number of esters is 1. The fourth-order valence-corrected chi connectivity index (χ4v) is 3.07. The van der Waals surface area contributed by atoms with Crippen LogP contribution in [0.3, 0.4) is 0 Å². The Kier molecular flexibility index (Phi) is 7.96. The van der Waals surface area contributed by atoms with Crippen molar-refractivity contribution in [3.05, 3.63) is 95.6 Å². The van der Waals surface area contributed by atoms with Crippen LogP contribution in [0.15, 0.2) is 78.9 Å². The van der Waals surface area contributed by atoms with Gasteiger partial charge >= 0.3 is 5.97 Å². The highest BCUT2D eigenvalue weighted by Crippen LogP contribution is 2.26. The first-order valence-corrected chi connectivity index (χ1v) is 10.2. The molecule has 2 amide bonds. The number of amides is 2. The molecule has 3 aromatic carbocycles. The lowest BCUT2D eigenvalue weighted by atomic mass is 10.0. The van der Waals surface area contributed by atoms with Crippen molar-refractivity contribution in [2.45, 2.75) is 0 Å². The van der Waals surface area contributed by atoms with Gasteiger partial charge in [0, 0.05) is 22.4 Å². The van der Waals surface area contributed by atoms with E-state index in [9.17, 15) is 14.4 Å². The number of hydrogen-bond acceptors (Lipinski definition) is 5. The molecule has 0 atom stereocenters. The van der Waals surface area contributed by atoms with Crippen LogP contribution in [-0.2, 0) is 14.3 Å². The van der Waals surface area contributed by atoms with Crippen molar-refractivity contribution in [1.29, 1.82) is 0 Å². The van der Waals surface area contributed by atoms with Gasteiger partial charge in [0.15, 0.2) is 0 Å². The zero-order valence-electron chi connectivity index (χ0n) is 18.3. The van der Waals surface area contributed by atoms with Crippen LogP contribution in [0.25, 0.3) is 11.6 Å². The van der Waals surface area contributed by atoms with Gasteiger partial charge in [0.1, 0.15) is 12.3 Å². The molecular formula is C26H24N2O5. The fraction of sp³-hybridized carbons (Fsp3) is 0.115. The maximum atomic E-state index is 13.2. The molecule has 33 heavy (non-hydrogen) atoms. The van der Waals surface area contributed by atoms with Gasteiger partial charge in [-0.25, -0.2) is 0 Å². The van der Waals surface area contributed by atoms with Crippen LogP contribution in [-0.4, -0.2) is 38.5 Å². The Balaban J connectivity index is 1.81. The lowest BCUT2D eigenvalue weighted by Crippen LogP contribution is -2.30. The Morgan fingerprint density at radius 3 is 2.15 bits per heavy atom. The van der Waals surface area contributed by atoms with Crippen LogP contribution >= 0.6 is 0 Å². The lowest BCUT2D eigenvalue weighted by molar-refractivity contribution is -0.139. The Hall–Kier alpha value is -4.39. The molecule has 7 heteroatoms. The van der Waals surface area contributed by atoms with E-state index in [1.165, 1.54) is 7.11 Å². The quantitative estimate of drug-likeness (QED) is 0.313. The predicted octanol–water partition coefficient (Wildman–Crippen LogP) is 3.78. The Bertz CT molecular complexity index is 1150. The van der Waals surface area contributed by atoms with E-state index in [1.807, 2.05) is 54.6 Å². The second-order valence-electron chi connectivity index (χ2n) is 6.96. The van der Waals surface area contributed by atoms with Gasteiger partial charge in [0.2, 0.25) is 0 Å². The van der Waals surface area contributed by atoms with Gasteiger partial charge in [0.05, 0.1) is 14.2 Å². The highest BCUT2D eigenvalue weighted by atomic mass is 16.5. The molecule has 0 saturated heterocycles. The third-order valence-corrected chi connectivity index (χ3v) is 4.79. The minimum Gasteiger partial charge on any atom is -0.496 e. The number of carbonyl (C=O) groups is 3. The summed E-state index contributed by atoms with van der Waals surface area (Å²) in [7, 11) is 2.83. The van der Waals surface area contributed by atoms with Gasteiger partial charge in [-0.2, -0.15) is 0 Å². The van der Waals surface area contributed by atoms with Crippen molar-refractivity contribution in [3.63, 3.8) is 0 Å². The summed E-state index contributed by atoms with van der Waals surface area (Å²) in [5, 5.41) is 5.34. The lowest BCUT2D eigenvalue weighted by Gasteiger charge is -2.12. The molecule has 3 aromatic rings. The van der Waals surface area contributed by atoms with E-state index in [2.05, 4.69) is 15.4 Å². The van der Waals surface area contributed by atoms with E-state index in [0.29, 0.717) is 22.6 Å². The van der Waals surface area contributed by atoms with Crippen molar-refractivity contribution in [2.75, 3.05) is 26.1 Å². The molecule has 0 aliphatic carbocycles. The number of methoxy groups -OCH3 is 2. The van der Waals surface area contributed by atoms with E-state index < -0.39 is 11.9 Å². The molecule has 3 rings (SSSR count). The third kappa shape index (κ3) is 6.30. The maximum absolute atomic E-state index is 13.2. The second-order valence-corrected chi connectivity index (χ2v) is 6.96. The minimum atomic E-state index is -0.539. The number of anilines is 1.